The normalized spacial score (nSPS) is 23.0. The summed E-state index contributed by atoms with van der Waals surface area (Å²) in [5.41, 5.74) is 0.623. The van der Waals surface area contributed by atoms with Gasteiger partial charge in [-0.15, -0.1) is 11.3 Å². The predicted octanol–water partition coefficient (Wildman–Crippen LogP) is 3.32. The molecule has 0 radical (unpaired) electrons. The van der Waals surface area contributed by atoms with Crippen molar-refractivity contribution in [3.8, 4) is 0 Å². The minimum atomic E-state index is -1.01. The first kappa shape index (κ1) is 25.2. The SMILES string of the molecule is CCOC(=O)C1=CN(CN2CCO[C@H](C)[C@H]2C(=O)O)C(c2nccs2)=NC1c1ccc(F)cc1Cl. The number of ether oxygens (including phenoxy) is 2. The molecule has 2 aliphatic rings. The van der Waals surface area contributed by atoms with Gasteiger partial charge in [0, 0.05) is 34.9 Å². The van der Waals surface area contributed by atoms with E-state index in [1.165, 1.54) is 23.5 Å². The number of esters is 1. The van der Waals surface area contributed by atoms with E-state index in [0.29, 0.717) is 29.6 Å². The third-order valence-corrected chi connectivity index (χ3v) is 6.79. The van der Waals surface area contributed by atoms with Gasteiger partial charge in [-0.25, -0.2) is 14.2 Å². The molecule has 1 unspecified atom stereocenters. The lowest BCUT2D eigenvalue weighted by atomic mass is 9.98. The van der Waals surface area contributed by atoms with Gasteiger partial charge in [0.1, 0.15) is 17.9 Å². The molecule has 1 aromatic heterocycles. The number of aliphatic imine (C=N–C) groups is 1. The molecule has 1 aromatic carbocycles. The Kier molecular flexibility index (Phi) is 7.80. The van der Waals surface area contributed by atoms with E-state index in [0.717, 1.165) is 6.07 Å². The average Bonchev–Trinajstić information content (AvgIpc) is 3.34. The molecule has 0 spiro atoms. The van der Waals surface area contributed by atoms with E-state index in [1.807, 2.05) is 0 Å². The van der Waals surface area contributed by atoms with E-state index < -0.39 is 35.9 Å². The minimum Gasteiger partial charge on any atom is -0.480 e. The highest BCUT2D eigenvalue weighted by Crippen LogP contribution is 2.37. The highest BCUT2D eigenvalue weighted by molar-refractivity contribution is 7.11. The number of halogens is 2. The average molecular weight is 523 g/mol. The second-order valence-electron chi connectivity index (χ2n) is 7.95. The van der Waals surface area contributed by atoms with Gasteiger partial charge in [0.25, 0.3) is 0 Å². The summed E-state index contributed by atoms with van der Waals surface area (Å²) in [7, 11) is 0. The zero-order chi connectivity index (χ0) is 25.1. The largest absolute Gasteiger partial charge is 0.480 e. The van der Waals surface area contributed by atoms with Crippen LogP contribution in [0.2, 0.25) is 5.02 Å². The van der Waals surface area contributed by atoms with Crippen LogP contribution in [-0.2, 0) is 19.1 Å². The fourth-order valence-corrected chi connectivity index (χ4v) is 5.04. The van der Waals surface area contributed by atoms with E-state index in [2.05, 4.69) is 4.98 Å². The molecule has 0 bridgehead atoms. The summed E-state index contributed by atoms with van der Waals surface area (Å²) in [6.07, 6.45) is 2.69. The lowest BCUT2D eigenvalue weighted by molar-refractivity contribution is -0.157. The fraction of sp³-hybridized carbons (Fsp3) is 0.391. The van der Waals surface area contributed by atoms with Crippen molar-refractivity contribution in [2.45, 2.75) is 32.0 Å². The summed E-state index contributed by atoms with van der Waals surface area (Å²) >= 11 is 7.69. The number of thiazole rings is 1. The number of carboxylic acids is 1. The van der Waals surface area contributed by atoms with Gasteiger partial charge >= 0.3 is 11.9 Å². The van der Waals surface area contributed by atoms with E-state index in [4.69, 9.17) is 26.1 Å². The summed E-state index contributed by atoms with van der Waals surface area (Å²) < 4.78 is 24.6. The van der Waals surface area contributed by atoms with Gasteiger partial charge in [-0.05, 0) is 26.0 Å². The van der Waals surface area contributed by atoms with Crippen molar-refractivity contribution in [2.24, 2.45) is 4.99 Å². The smallest absolute Gasteiger partial charge is 0.338 e. The van der Waals surface area contributed by atoms with Crippen molar-refractivity contribution >= 4 is 40.7 Å². The minimum absolute atomic E-state index is 0.119. The molecular formula is C23H24ClFN4O5S. The van der Waals surface area contributed by atoms with E-state index in [-0.39, 0.29) is 23.9 Å². The number of carbonyl (C=O) groups is 2. The van der Waals surface area contributed by atoms with Crippen LogP contribution in [0.1, 0.15) is 30.5 Å². The maximum absolute atomic E-state index is 13.7. The van der Waals surface area contributed by atoms with Gasteiger partial charge < -0.3 is 19.5 Å². The Morgan fingerprint density at radius 3 is 2.86 bits per heavy atom. The maximum Gasteiger partial charge on any atom is 0.338 e. The Bertz CT molecular complexity index is 1160. The molecule has 3 atom stereocenters. The number of morpholine rings is 1. The standard InChI is InChI=1S/C23H24ClFN4O5S/c1-3-33-23(32)16-11-29(12-28-7-8-34-13(2)19(28)22(30)31)20(21-26-6-9-35-21)27-18(16)15-5-4-14(25)10-17(15)24/h4-6,9-11,13,18-19H,3,7-8,12H2,1-2H3,(H,30,31)/t13-,18?,19+/m1/s1. The van der Waals surface area contributed by atoms with Gasteiger partial charge in [-0.2, -0.15) is 0 Å². The van der Waals surface area contributed by atoms with Gasteiger partial charge in [-0.1, -0.05) is 17.7 Å². The van der Waals surface area contributed by atoms with E-state index >= 15 is 0 Å². The van der Waals surface area contributed by atoms with Crippen molar-refractivity contribution < 1.29 is 28.6 Å². The number of nitrogens with zero attached hydrogens (tertiary/aromatic N) is 4. The third kappa shape index (κ3) is 5.37. The second-order valence-corrected chi connectivity index (χ2v) is 9.25. The molecule has 3 heterocycles. The van der Waals surface area contributed by atoms with Crippen LogP contribution in [0.5, 0.6) is 0 Å². The molecule has 2 aliphatic heterocycles. The molecule has 1 fully saturated rings. The molecule has 186 valence electrons. The maximum atomic E-state index is 13.7. The second kappa shape index (κ2) is 10.8. The Hall–Kier alpha value is -2.86. The molecular weight excluding hydrogens is 499 g/mol. The number of carbonyl (C=O) groups excluding carboxylic acids is 1. The number of hydrogen-bond acceptors (Lipinski definition) is 9. The number of aliphatic carboxylic acids is 1. The van der Waals surface area contributed by atoms with Crippen LogP contribution in [0.15, 0.2) is 46.5 Å². The van der Waals surface area contributed by atoms with Crippen molar-refractivity contribution in [1.82, 2.24) is 14.8 Å². The molecule has 4 rings (SSSR count). The zero-order valence-electron chi connectivity index (χ0n) is 19.1. The van der Waals surface area contributed by atoms with E-state index in [1.54, 1.807) is 41.4 Å². The van der Waals surface area contributed by atoms with Gasteiger partial charge in [0.2, 0.25) is 0 Å². The van der Waals surface area contributed by atoms with Crippen LogP contribution >= 0.6 is 22.9 Å². The molecule has 0 amide bonds. The first-order valence-electron chi connectivity index (χ1n) is 11.0. The Balaban J connectivity index is 1.79. The fourth-order valence-electron chi connectivity index (χ4n) is 4.12. The summed E-state index contributed by atoms with van der Waals surface area (Å²) in [5.74, 6) is -1.69. The van der Waals surface area contributed by atoms with E-state index in [9.17, 15) is 19.1 Å². The van der Waals surface area contributed by atoms with Crippen LogP contribution in [-0.4, -0.2) is 76.2 Å². The number of benzene rings is 1. The van der Waals surface area contributed by atoms with Crippen LogP contribution in [0.25, 0.3) is 0 Å². The molecule has 0 saturated carbocycles. The Morgan fingerprint density at radius 2 is 2.20 bits per heavy atom. The van der Waals surface area contributed by atoms with Crippen LogP contribution < -0.4 is 0 Å². The number of aromatic nitrogens is 1. The topological polar surface area (TPSA) is 105 Å². The molecule has 0 aliphatic carbocycles. The van der Waals surface area contributed by atoms with Gasteiger partial charge in [-0.3, -0.25) is 14.7 Å². The number of rotatable bonds is 7. The lowest BCUT2D eigenvalue weighted by Gasteiger charge is -2.40. The molecule has 1 N–H and O–H groups in total. The van der Waals surface area contributed by atoms with Crippen molar-refractivity contribution in [2.75, 3.05) is 26.4 Å². The molecule has 2 aromatic rings. The summed E-state index contributed by atoms with van der Waals surface area (Å²) in [6.45, 7) is 4.41. The quantitative estimate of drug-likeness (QED) is 0.552. The zero-order valence-corrected chi connectivity index (χ0v) is 20.6. The number of carboxylic acid groups (broad SMARTS) is 1. The summed E-state index contributed by atoms with van der Waals surface area (Å²) in [6, 6.07) is 2.15. The Labute approximate surface area is 210 Å². The van der Waals surface area contributed by atoms with Gasteiger partial charge in [0.05, 0.1) is 31.6 Å². The first-order chi connectivity index (χ1) is 16.8. The summed E-state index contributed by atoms with van der Waals surface area (Å²) in [5, 5.41) is 12.3. The van der Waals surface area contributed by atoms with Gasteiger partial charge in [0.15, 0.2) is 10.8 Å². The van der Waals surface area contributed by atoms with Crippen molar-refractivity contribution in [3.63, 3.8) is 0 Å². The summed E-state index contributed by atoms with van der Waals surface area (Å²) in [4.78, 5) is 37.6. The molecule has 1 saturated heterocycles. The van der Waals surface area contributed by atoms with Crippen LogP contribution in [0.3, 0.4) is 0 Å². The van der Waals surface area contributed by atoms with Crippen molar-refractivity contribution in [3.05, 3.63) is 63.0 Å². The van der Waals surface area contributed by atoms with Crippen LogP contribution in [0, 0.1) is 5.82 Å². The van der Waals surface area contributed by atoms with Crippen LogP contribution in [0.4, 0.5) is 4.39 Å². The molecule has 9 nitrogen and oxygen atoms in total. The number of hydrogen-bond donors (Lipinski definition) is 1. The number of amidine groups is 1. The van der Waals surface area contributed by atoms with Crippen molar-refractivity contribution in [1.29, 1.82) is 0 Å². The highest BCUT2D eigenvalue weighted by atomic mass is 35.5. The third-order valence-electron chi connectivity index (χ3n) is 5.69. The highest BCUT2D eigenvalue weighted by Gasteiger charge is 2.38. The molecule has 35 heavy (non-hydrogen) atoms. The molecule has 12 heteroatoms. The Morgan fingerprint density at radius 1 is 1.40 bits per heavy atom. The first-order valence-corrected chi connectivity index (χ1v) is 12.2. The lowest BCUT2D eigenvalue weighted by Crippen LogP contribution is -2.57. The predicted molar refractivity (Wildman–Crippen MR) is 128 cm³/mol. The monoisotopic (exact) mass is 522 g/mol.